The second kappa shape index (κ2) is 6.89. The molecule has 5 heteroatoms. The van der Waals surface area contributed by atoms with Crippen LogP contribution < -0.4 is 10.1 Å². The summed E-state index contributed by atoms with van der Waals surface area (Å²) < 4.78 is 7.10. The molecule has 0 atom stereocenters. The van der Waals surface area contributed by atoms with Crippen LogP contribution in [0.25, 0.3) is 0 Å². The summed E-state index contributed by atoms with van der Waals surface area (Å²) in [6, 6.07) is 8.13. The van der Waals surface area contributed by atoms with Gasteiger partial charge in [-0.1, -0.05) is 19.1 Å². The van der Waals surface area contributed by atoms with Gasteiger partial charge >= 0.3 is 0 Å². The Morgan fingerprint density at radius 2 is 2.05 bits per heavy atom. The number of aryl methyl sites for hydroxylation is 2. The van der Waals surface area contributed by atoms with E-state index in [0.29, 0.717) is 0 Å². The van der Waals surface area contributed by atoms with Crippen LogP contribution >= 0.6 is 0 Å². The lowest BCUT2D eigenvalue weighted by atomic mass is 10.1. The summed E-state index contributed by atoms with van der Waals surface area (Å²) in [5.74, 6) is 1.87. The molecular weight excluding hydrogens is 240 g/mol. The highest BCUT2D eigenvalue weighted by molar-refractivity contribution is 5.27. The number of hydrogen-bond acceptors (Lipinski definition) is 4. The number of ether oxygens (including phenoxy) is 1. The molecule has 0 fully saturated rings. The van der Waals surface area contributed by atoms with E-state index < -0.39 is 0 Å². The molecular formula is C14H20N4O. The molecule has 19 heavy (non-hydrogen) atoms. The first-order valence-corrected chi connectivity index (χ1v) is 6.53. The van der Waals surface area contributed by atoms with E-state index in [1.807, 2.05) is 16.8 Å². The van der Waals surface area contributed by atoms with Gasteiger partial charge in [-0.2, -0.15) is 5.10 Å². The summed E-state index contributed by atoms with van der Waals surface area (Å²) in [5.41, 5.74) is 1.27. The van der Waals surface area contributed by atoms with Crippen molar-refractivity contribution >= 4 is 0 Å². The molecule has 5 nitrogen and oxygen atoms in total. The molecule has 2 rings (SSSR count). The van der Waals surface area contributed by atoms with Crippen LogP contribution in [0, 0.1) is 0 Å². The zero-order chi connectivity index (χ0) is 13.5. The molecule has 0 radical (unpaired) electrons. The Morgan fingerprint density at radius 3 is 2.74 bits per heavy atom. The average Bonchev–Trinajstić information content (AvgIpc) is 2.91. The first-order valence-electron chi connectivity index (χ1n) is 6.53. The highest BCUT2D eigenvalue weighted by Gasteiger charge is 2.03. The molecule has 0 aliphatic carbocycles. The van der Waals surface area contributed by atoms with Gasteiger partial charge in [-0.05, 0) is 30.7 Å². The summed E-state index contributed by atoms with van der Waals surface area (Å²) in [5, 5.41) is 7.52. The minimum absolute atomic E-state index is 0.763. The van der Waals surface area contributed by atoms with Gasteiger partial charge in [-0.15, -0.1) is 0 Å². The maximum absolute atomic E-state index is 5.15. The third kappa shape index (κ3) is 3.79. The predicted molar refractivity (Wildman–Crippen MR) is 74.1 cm³/mol. The third-order valence-corrected chi connectivity index (χ3v) is 3.00. The van der Waals surface area contributed by atoms with Gasteiger partial charge in [0.1, 0.15) is 17.9 Å². The Kier molecular flexibility index (Phi) is 4.92. The zero-order valence-corrected chi connectivity index (χ0v) is 11.5. The topological polar surface area (TPSA) is 52.0 Å². The van der Waals surface area contributed by atoms with Crippen LogP contribution in [-0.2, 0) is 19.5 Å². The van der Waals surface area contributed by atoms with E-state index in [1.54, 1.807) is 13.4 Å². The van der Waals surface area contributed by atoms with Gasteiger partial charge in [0.15, 0.2) is 0 Å². The Morgan fingerprint density at radius 1 is 1.26 bits per heavy atom. The number of hydrogen-bond donors (Lipinski definition) is 1. The van der Waals surface area contributed by atoms with Crippen molar-refractivity contribution in [1.29, 1.82) is 0 Å². The average molecular weight is 260 g/mol. The summed E-state index contributed by atoms with van der Waals surface area (Å²) in [7, 11) is 1.68. The monoisotopic (exact) mass is 260 g/mol. The molecule has 0 aliphatic rings. The van der Waals surface area contributed by atoms with Gasteiger partial charge in [0, 0.05) is 6.54 Å². The molecule has 1 N–H and O–H groups in total. The molecule has 0 aliphatic heterocycles. The van der Waals surface area contributed by atoms with Crippen molar-refractivity contribution in [2.75, 3.05) is 13.7 Å². The standard InChI is InChI=1S/C14H20N4O/c1-3-15-10-14-16-11-17-18(14)9-8-12-4-6-13(19-2)7-5-12/h4-7,11,15H,3,8-10H2,1-2H3. The Balaban J connectivity index is 1.92. The molecule has 1 aromatic carbocycles. The van der Waals surface area contributed by atoms with E-state index in [-0.39, 0.29) is 0 Å². The fraction of sp³-hybridized carbons (Fsp3) is 0.429. The smallest absolute Gasteiger partial charge is 0.140 e. The minimum Gasteiger partial charge on any atom is -0.497 e. The number of methoxy groups -OCH3 is 1. The number of aromatic nitrogens is 3. The summed E-state index contributed by atoms with van der Waals surface area (Å²) in [6.45, 7) is 4.62. The molecule has 0 bridgehead atoms. The van der Waals surface area contributed by atoms with Crippen molar-refractivity contribution in [3.05, 3.63) is 42.0 Å². The first-order chi connectivity index (χ1) is 9.33. The van der Waals surface area contributed by atoms with Gasteiger partial charge < -0.3 is 10.1 Å². The Bertz CT molecular complexity index is 492. The maximum Gasteiger partial charge on any atom is 0.140 e. The molecule has 1 heterocycles. The van der Waals surface area contributed by atoms with Crippen LogP contribution in [0.2, 0.25) is 0 Å². The highest BCUT2D eigenvalue weighted by Crippen LogP contribution is 2.12. The van der Waals surface area contributed by atoms with Crippen LogP contribution in [0.3, 0.4) is 0 Å². The van der Waals surface area contributed by atoms with Gasteiger partial charge in [0.05, 0.1) is 13.7 Å². The zero-order valence-electron chi connectivity index (χ0n) is 11.5. The molecule has 0 spiro atoms. The number of nitrogens with zero attached hydrogens (tertiary/aromatic N) is 3. The summed E-state index contributed by atoms with van der Waals surface area (Å²) in [4.78, 5) is 4.26. The quantitative estimate of drug-likeness (QED) is 0.822. The fourth-order valence-corrected chi connectivity index (χ4v) is 1.88. The normalized spacial score (nSPS) is 10.6. The first kappa shape index (κ1) is 13.5. The second-order valence-corrected chi connectivity index (χ2v) is 4.28. The highest BCUT2D eigenvalue weighted by atomic mass is 16.5. The molecule has 102 valence electrons. The van der Waals surface area contributed by atoms with E-state index >= 15 is 0 Å². The second-order valence-electron chi connectivity index (χ2n) is 4.28. The lowest BCUT2D eigenvalue weighted by Gasteiger charge is -2.07. The van der Waals surface area contributed by atoms with Gasteiger partial charge in [-0.3, -0.25) is 0 Å². The number of nitrogens with one attached hydrogen (secondary N) is 1. The van der Waals surface area contributed by atoms with Crippen LogP contribution in [0.4, 0.5) is 0 Å². The molecule has 0 saturated heterocycles. The fourth-order valence-electron chi connectivity index (χ4n) is 1.88. The SMILES string of the molecule is CCNCc1ncnn1CCc1ccc(OC)cc1. The van der Waals surface area contributed by atoms with E-state index in [1.165, 1.54) is 5.56 Å². The maximum atomic E-state index is 5.15. The van der Waals surface area contributed by atoms with Gasteiger partial charge in [0.2, 0.25) is 0 Å². The molecule has 2 aromatic rings. The van der Waals surface area contributed by atoms with E-state index in [9.17, 15) is 0 Å². The summed E-state index contributed by atoms with van der Waals surface area (Å²) in [6.07, 6.45) is 2.55. The van der Waals surface area contributed by atoms with Crippen LogP contribution in [0.15, 0.2) is 30.6 Å². The lowest BCUT2D eigenvalue weighted by molar-refractivity contribution is 0.414. The predicted octanol–water partition coefficient (Wildman–Crippen LogP) is 1.64. The molecule has 0 saturated carbocycles. The molecule has 0 amide bonds. The largest absolute Gasteiger partial charge is 0.497 e. The number of rotatable bonds is 7. The van der Waals surface area contributed by atoms with Crippen molar-refractivity contribution in [1.82, 2.24) is 20.1 Å². The van der Waals surface area contributed by atoms with Crippen molar-refractivity contribution < 1.29 is 4.74 Å². The Hall–Kier alpha value is -1.88. The lowest BCUT2D eigenvalue weighted by Crippen LogP contribution is -2.17. The number of benzene rings is 1. The van der Waals surface area contributed by atoms with Gasteiger partial charge in [-0.25, -0.2) is 9.67 Å². The van der Waals surface area contributed by atoms with Crippen molar-refractivity contribution in [3.8, 4) is 5.75 Å². The van der Waals surface area contributed by atoms with Crippen LogP contribution in [0.1, 0.15) is 18.3 Å². The summed E-state index contributed by atoms with van der Waals surface area (Å²) >= 11 is 0. The van der Waals surface area contributed by atoms with Crippen LogP contribution in [-0.4, -0.2) is 28.4 Å². The van der Waals surface area contributed by atoms with E-state index in [4.69, 9.17) is 4.74 Å². The van der Waals surface area contributed by atoms with Crippen LogP contribution in [0.5, 0.6) is 5.75 Å². The van der Waals surface area contributed by atoms with Crippen molar-refractivity contribution in [2.45, 2.75) is 26.4 Å². The van der Waals surface area contributed by atoms with Crippen molar-refractivity contribution in [2.24, 2.45) is 0 Å². The van der Waals surface area contributed by atoms with E-state index in [2.05, 4.69) is 34.5 Å². The molecule has 0 unspecified atom stereocenters. The molecule has 1 aromatic heterocycles. The third-order valence-electron chi connectivity index (χ3n) is 3.00. The minimum atomic E-state index is 0.763. The Labute approximate surface area is 113 Å². The van der Waals surface area contributed by atoms with Gasteiger partial charge in [0.25, 0.3) is 0 Å². The van der Waals surface area contributed by atoms with Crippen molar-refractivity contribution in [3.63, 3.8) is 0 Å². The van der Waals surface area contributed by atoms with E-state index in [0.717, 1.165) is 37.6 Å².